The van der Waals surface area contributed by atoms with Gasteiger partial charge in [0.15, 0.2) is 5.82 Å². The molecule has 0 saturated heterocycles. The maximum atomic E-state index is 12.1. The van der Waals surface area contributed by atoms with Gasteiger partial charge in [-0.25, -0.2) is 0 Å². The third-order valence-electron chi connectivity index (χ3n) is 2.78. The maximum Gasteiger partial charge on any atom is 0.245 e. The number of halogens is 2. The summed E-state index contributed by atoms with van der Waals surface area (Å²) in [5.41, 5.74) is 0.296. The van der Waals surface area contributed by atoms with Gasteiger partial charge >= 0.3 is 0 Å². The Balaban J connectivity index is 2.19. The number of hydrogen-bond acceptors (Lipinski definition) is 4. The molecule has 0 unspecified atom stereocenters. The predicted octanol–water partition coefficient (Wildman–Crippen LogP) is 3.28. The molecule has 0 aliphatic heterocycles. The summed E-state index contributed by atoms with van der Waals surface area (Å²) in [5, 5.41) is 6.76. The van der Waals surface area contributed by atoms with Crippen molar-refractivity contribution in [3.05, 3.63) is 40.1 Å². The number of aromatic nitrogens is 1. The Hall–Kier alpha value is -2.05. The van der Waals surface area contributed by atoms with Gasteiger partial charge in [0.1, 0.15) is 12.3 Å². The number of nitrogens with zero attached hydrogens (tertiary/aromatic N) is 2. The lowest BCUT2D eigenvalue weighted by atomic mass is 10.2. The fourth-order valence-corrected chi connectivity index (χ4v) is 2.45. The van der Waals surface area contributed by atoms with Crippen molar-refractivity contribution in [2.45, 2.75) is 13.8 Å². The molecule has 0 saturated carbocycles. The molecule has 22 heavy (non-hydrogen) atoms. The zero-order valence-corrected chi connectivity index (χ0v) is 13.4. The Labute approximate surface area is 137 Å². The Morgan fingerprint density at radius 2 is 1.95 bits per heavy atom. The van der Waals surface area contributed by atoms with E-state index >= 15 is 0 Å². The number of para-hydroxylation sites is 1. The maximum absolute atomic E-state index is 12.1. The van der Waals surface area contributed by atoms with E-state index in [1.807, 2.05) is 0 Å². The van der Waals surface area contributed by atoms with Crippen LogP contribution in [0.25, 0.3) is 0 Å². The summed E-state index contributed by atoms with van der Waals surface area (Å²) in [5.74, 6) is 0.0325. The van der Waals surface area contributed by atoms with Gasteiger partial charge in [0.25, 0.3) is 0 Å². The third kappa shape index (κ3) is 3.78. The molecule has 0 aliphatic rings. The number of nitrogens with one attached hydrogen (secondary N) is 1. The van der Waals surface area contributed by atoms with Crippen molar-refractivity contribution < 1.29 is 14.1 Å². The molecule has 2 aromatic rings. The van der Waals surface area contributed by atoms with Gasteiger partial charge in [0.2, 0.25) is 11.8 Å². The molecule has 8 heteroatoms. The van der Waals surface area contributed by atoms with Crippen molar-refractivity contribution >= 4 is 46.5 Å². The molecule has 0 spiro atoms. The lowest BCUT2D eigenvalue weighted by molar-refractivity contribution is -0.120. The summed E-state index contributed by atoms with van der Waals surface area (Å²) < 4.78 is 4.85. The molecule has 1 N–H and O–H groups in total. The number of benzene rings is 1. The van der Waals surface area contributed by atoms with E-state index in [0.29, 0.717) is 11.4 Å². The zero-order valence-electron chi connectivity index (χ0n) is 11.9. The molecule has 1 aromatic carbocycles. The SMILES string of the molecule is CC(=O)N(CC(=O)Nc1cc(C)on1)c1c(Cl)cccc1Cl. The van der Waals surface area contributed by atoms with Gasteiger partial charge < -0.3 is 14.7 Å². The third-order valence-corrected chi connectivity index (χ3v) is 3.39. The highest BCUT2D eigenvalue weighted by atomic mass is 35.5. The number of carbonyl (C=O) groups excluding carboxylic acids is 2. The van der Waals surface area contributed by atoms with Crippen LogP contribution >= 0.6 is 23.2 Å². The molecule has 0 radical (unpaired) electrons. The van der Waals surface area contributed by atoms with E-state index in [1.54, 1.807) is 31.2 Å². The summed E-state index contributed by atoms with van der Waals surface area (Å²) in [4.78, 5) is 25.1. The molecular weight excluding hydrogens is 329 g/mol. The number of anilines is 2. The van der Waals surface area contributed by atoms with Gasteiger partial charge in [-0.3, -0.25) is 9.59 Å². The summed E-state index contributed by atoms with van der Waals surface area (Å²) in [7, 11) is 0. The van der Waals surface area contributed by atoms with Crippen molar-refractivity contribution in [1.29, 1.82) is 0 Å². The summed E-state index contributed by atoms with van der Waals surface area (Å²) in [6.45, 7) is 2.78. The van der Waals surface area contributed by atoms with Crippen LogP contribution in [0.15, 0.2) is 28.8 Å². The van der Waals surface area contributed by atoms with Gasteiger partial charge in [-0.2, -0.15) is 0 Å². The second-order valence-electron chi connectivity index (χ2n) is 4.55. The number of hydrogen-bond donors (Lipinski definition) is 1. The molecule has 1 heterocycles. The van der Waals surface area contributed by atoms with Crippen LogP contribution in [-0.2, 0) is 9.59 Å². The molecule has 0 aliphatic carbocycles. The first-order chi connectivity index (χ1) is 10.4. The predicted molar refractivity (Wildman–Crippen MR) is 84.4 cm³/mol. The van der Waals surface area contributed by atoms with Crippen molar-refractivity contribution in [3.63, 3.8) is 0 Å². The number of amides is 2. The van der Waals surface area contributed by atoms with E-state index < -0.39 is 5.91 Å². The van der Waals surface area contributed by atoms with Crippen LogP contribution in [0, 0.1) is 6.92 Å². The first kappa shape index (κ1) is 16.3. The van der Waals surface area contributed by atoms with Crippen LogP contribution in [0.5, 0.6) is 0 Å². The van der Waals surface area contributed by atoms with Gasteiger partial charge in [-0.1, -0.05) is 34.4 Å². The molecule has 6 nitrogen and oxygen atoms in total. The molecule has 2 amide bonds. The number of rotatable bonds is 4. The molecule has 0 atom stereocenters. The second-order valence-corrected chi connectivity index (χ2v) is 5.36. The zero-order chi connectivity index (χ0) is 16.3. The summed E-state index contributed by atoms with van der Waals surface area (Å²) in [6.07, 6.45) is 0. The molecule has 1 aromatic heterocycles. The minimum atomic E-state index is -0.445. The lowest BCUT2D eigenvalue weighted by Gasteiger charge is -2.22. The van der Waals surface area contributed by atoms with Crippen LogP contribution in [0.1, 0.15) is 12.7 Å². The van der Waals surface area contributed by atoms with Crippen LogP contribution in [0.4, 0.5) is 11.5 Å². The topological polar surface area (TPSA) is 75.4 Å². The van der Waals surface area contributed by atoms with Crippen LogP contribution in [-0.4, -0.2) is 23.5 Å². The molecule has 0 bridgehead atoms. The highest BCUT2D eigenvalue weighted by Gasteiger charge is 2.21. The highest BCUT2D eigenvalue weighted by Crippen LogP contribution is 2.33. The van der Waals surface area contributed by atoms with Crippen molar-refractivity contribution in [1.82, 2.24) is 5.16 Å². The highest BCUT2D eigenvalue weighted by molar-refractivity contribution is 6.40. The Bertz CT molecular complexity index is 695. The van der Waals surface area contributed by atoms with Gasteiger partial charge in [0, 0.05) is 13.0 Å². The largest absolute Gasteiger partial charge is 0.360 e. The minimum Gasteiger partial charge on any atom is -0.360 e. The van der Waals surface area contributed by atoms with E-state index in [-0.39, 0.29) is 28.3 Å². The van der Waals surface area contributed by atoms with Crippen molar-refractivity contribution in [3.8, 4) is 0 Å². The molecule has 0 fully saturated rings. The molecule has 116 valence electrons. The fraction of sp³-hybridized carbons (Fsp3) is 0.214. The lowest BCUT2D eigenvalue weighted by Crippen LogP contribution is -2.37. The van der Waals surface area contributed by atoms with Crippen molar-refractivity contribution in [2.24, 2.45) is 0 Å². The van der Waals surface area contributed by atoms with Crippen LogP contribution in [0.2, 0.25) is 10.0 Å². The fourth-order valence-electron chi connectivity index (χ4n) is 1.85. The standard InChI is InChI=1S/C14H13Cl2N3O3/c1-8-6-12(18-22-8)17-13(21)7-19(9(2)20)14-10(15)4-3-5-11(14)16/h3-6H,7H2,1-2H3,(H,17,18,21). The Morgan fingerprint density at radius 3 is 2.45 bits per heavy atom. The van der Waals surface area contributed by atoms with E-state index in [4.69, 9.17) is 27.7 Å². The average molecular weight is 342 g/mol. The normalized spacial score (nSPS) is 10.4. The monoisotopic (exact) mass is 341 g/mol. The smallest absolute Gasteiger partial charge is 0.245 e. The Kier molecular flexibility index (Phi) is 5.05. The van der Waals surface area contributed by atoms with Crippen LogP contribution < -0.4 is 10.2 Å². The average Bonchev–Trinajstić information content (AvgIpc) is 2.82. The number of aryl methyl sites for hydroxylation is 1. The first-order valence-corrected chi connectivity index (χ1v) is 7.09. The summed E-state index contributed by atoms with van der Waals surface area (Å²) >= 11 is 12.2. The molecule has 2 rings (SSSR count). The molecular formula is C14H13Cl2N3O3. The number of carbonyl (C=O) groups is 2. The quantitative estimate of drug-likeness (QED) is 0.925. The van der Waals surface area contributed by atoms with Crippen molar-refractivity contribution in [2.75, 3.05) is 16.8 Å². The van der Waals surface area contributed by atoms with E-state index in [0.717, 1.165) is 0 Å². The first-order valence-electron chi connectivity index (χ1n) is 6.33. The van der Waals surface area contributed by atoms with Gasteiger partial charge in [0.05, 0.1) is 15.7 Å². The summed E-state index contributed by atoms with van der Waals surface area (Å²) in [6, 6.07) is 6.42. The second kappa shape index (κ2) is 6.81. The van der Waals surface area contributed by atoms with Crippen LogP contribution in [0.3, 0.4) is 0 Å². The van der Waals surface area contributed by atoms with E-state index in [1.165, 1.54) is 11.8 Å². The van der Waals surface area contributed by atoms with Gasteiger partial charge in [-0.05, 0) is 19.1 Å². The van der Waals surface area contributed by atoms with E-state index in [9.17, 15) is 9.59 Å². The Morgan fingerprint density at radius 1 is 1.32 bits per heavy atom. The van der Waals surface area contributed by atoms with Gasteiger partial charge in [-0.15, -0.1) is 0 Å². The van der Waals surface area contributed by atoms with E-state index in [2.05, 4.69) is 10.5 Å². The minimum absolute atomic E-state index is 0.245.